The van der Waals surface area contributed by atoms with Gasteiger partial charge in [-0.25, -0.2) is 0 Å². The molecule has 4 nitrogen and oxygen atoms in total. The first kappa shape index (κ1) is 25.8. The van der Waals surface area contributed by atoms with Gasteiger partial charge in [-0.15, -0.1) is 0 Å². The van der Waals surface area contributed by atoms with Crippen molar-refractivity contribution in [1.82, 2.24) is 10.3 Å². The summed E-state index contributed by atoms with van der Waals surface area (Å²) in [6.45, 7) is 0.610. The predicted octanol–water partition coefficient (Wildman–Crippen LogP) is 5.61. The van der Waals surface area contributed by atoms with Gasteiger partial charge in [0.25, 0.3) is 0 Å². The maximum atomic E-state index is 12.9. The molecule has 0 aliphatic rings. The highest BCUT2D eigenvalue weighted by molar-refractivity contribution is 7.95. The van der Waals surface area contributed by atoms with Gasteiger partial charge in [0.1, 0.15) is 28.9 Å². The van der Waals surface area contributed by atoms with Crippen LogP contribution >= 0.6 is 7.26 Å². The van der Waals surface area contributed by atoms with E-state index in [-0.39, 0.29) is 5.91 Å². The lowest BCUT2D eigenvalue weighted by Gasteiger charge is -2.27. The van der Waals surface area contributed by atoms with E-state index in [2.05, 4.69) is 101 Å². The Morgan fingerprint density at radius 2 is 1.39 bits per heavy atom. The highest BCUT2D eigenvalue weighted by Crippen LogP contribution is 2.55. The van der Waals surface area contributed by atoms with Gasteiger partial charge in [0, 0.05) is 30.1 Å². The molecule has 1 heterocycles. The van der Waals surface area contributed by atoms with Gasteiger partial charge in [0.05, 0.1) is 13.3 Å². The molecule has 0 saturated carbocycles. The topological polar surface area (TPSA) is 54.1 Å². The lowest BCUT2D eigenvalue weighted by Crippen LogP contribution is -2.34. The summed E-state index contributed by atoms with van der Waals surface area (Å²) in [6, 6.07) is 38.5. The Kier molecular flexibility index (Phi) is 8.21. The van der Waals surface area contributed by atoms with Crippen LogP contribution in [0.3, 0.4) is 0 Å². The summed E-state index contributed by atoms with van der Waals surface area (Å²) in [6.07, 6.45) is 5.07. The van der Waals surface area contributed by atoms with E-state index < -0.39 is 7.26 Å². The van der Waals surface area contributed by atoms with E-state index in [0.29, 0.717) is 13.0 Å². The molecule has 1 aromatic heterocycles. The highest BCUT2D eigenvalue weighted by atomic mass is 31.2. The van der Waals surface area contributed by atoms with Gasteiger partial charge in [0.2, 0.25) is 5.91 Å². The Hall–Kier alpha value is -3.88. The second-order valence-corrected chi connectivity index (χ2v) is 13.1. The first-order valence-electron chi connectivity index (χ1n) is 13.2. The average Bonchev–Trinajstić information content (AvgIpc) is 3.39. The zero-order valence-electron chi connectivity index (χ0n) is 21.8. The first-order chi connectivity index (χ1) is 18.7. The molecule has 0 saturated heterocycles. The van der Waals surface area contributed by atoms with Gasteiger partial charge in [0.15, 0.2) is 0 Å². The third-order valence-electron chi connectivity index (χ3n) is 7.18. The van der Waals surface area contributed by atoms with Crippen molar-refractivity contribution in [3.63, 3.8) is 0 Å². The second kappa shape index (κ2) is 12.1. The van der Waals surface area contributed by atoms with E-state index in [1.54, 1.807) is 7.11 Å². The van der Waals surface area contributed by atoms with Crippen LogP contribution in [0.15, 0.2) is 115 Å². The van der Waals surface area contributed by atoms with Gasteiger partial charge in [-0.1, -0.05) is 54.6 Å². The van der Waals surface area contributed by atoms with E-state index in [1.165, 1.54) is 21.5 Å². The predicted molar refractivity (Wildman–Crippen MR) is 161 cm³/mol. The molecule has 1 amide bonds. The zero-order chi connectivity index (χ0) is 26.2. The monoisotopic (exact) mass is 521 g/mol. The Morgan fingerprint density at radius 3 is 1.95 bits per heavy atom. The fourth-order valence-corrected chi connectivity index (χ4v) is 9.62. The first-order valence-corrected chi connectivity index (χ1v) is 15.1. The molecule has 4 aromatic carbocycles. The SMILES string of the molecule is COc1ccc2[nH]cc(CCNC(=O)CCC[P+](c3ccccc3)(c3ccccc3)c3ccccc3)c2c1. The fourth-order valence-electron chi connectivity index (χ4n) is 5.28. The van der Waals surface area contributed by atoms with Crippen molar-refractivity contribution in [2.45, 2.75) is 19.3 Å². The van der Waals surface area contributed by atoms with E-state index in [9.17, 15) is 4.79 Å². The lowest BCUT2D eigenvalue weighted by atomic mass is 10.1. The van der Waals surface area contributed by atoms with Crippen molar-refractivity contribution in [1.29, 1.82) is 0 Å². The van der Waals surface area contributed by atoms with Crippen molar-refractivity contribution in [2.24, 2.45) is 0 Å². The van der Waals surface area contributed by atoms with Crippen LogP contribution in [0.25, 0.3) is 10.9 Å². The third kappa shape index (κ3) is 5.51. The Labute approximate surface area is 225 Å². The molecule has 0 aliphatic heterocycles. The molecule has 5 aromatic rings. The smallest absolute Gasteiger partial charge is 0.220 e. The number of hydrogen-bond donors (Lipinski definition) is 2. The van der Waals surface area contributed by atoms with E-state index in [0.717, 1.165) is 35.7 Å². The van der Waals surface area contributed by atoms with Crippen molar-refractivity contribution >= 4 is 40.0 Å². The van der Waals surface area contributed by atoms with Crippen LogP contribution in [0.1, 0.15) is 18.4 Å². The number of aromatic nitrogens is 1. The molecule has 0 atom stereocenters. The number of nitrogens with one attached hydrogen (secondary N) is 2. The van der Waals surface area contributed by atoms with Crippen molar-refractivity contribution in [3.8, 4) is 5.75 Å². The maximum absolute atomic E-state index is 12.9. The second-order valence-electron chi connectivity index (χ2n) is 9.47. The number of fused-ring (bicyclic) bond motifs is 1. The van der Waals surface area contributed by atoms with Crippen LogP contribution in [0.4, 0.5) is 0 Å². The molecule has 2 N–H and O–H groups in total. The maximum Gasteiger partial charge on any atom is 0.220 e. The summed E-state index contributed by atoms with van der Waals surface area (Å²) >= 11 is 0. The minimum Gasteiger partial charge on any atom is -0.497 e. The van der Waals surface area contributed by atoms with Crippen molar-refractivity contribution in [3.05, 3.63) is 121 Å². The Balaban J connectivity index is 1.28. The summed E-state index contributed by atoms with van der Waals surface area (Å²) in [5.41, 5.74) is 2.26. The average molecular weight is 522 g/mol. The Bertz CT molecular complexity index is 1370. The molecule has 0 spiro atoms. The van der Waals surface area contributed by atoms with E-state index in [1.807, 2.05) is 24.4 Å². The summed E-state index contributed by atoms with van der Waals surface area (Å²) in [5, 5.41) is 8.35. The molecular formula is C33H34N2O2P+. The molecular weight excluding hydrogens is 487 g/mol. The molecule has 192 valence electrons. The minimum atomic E-state index is -1.91. The van der Waals surface area contributed by atoms with Crippen LogP contribution in [0.2, 0.25) is 0 Å². The fraction of sp³-hybridized carbons (Fsp3) is 0.182. The number of carbonyl (C=O) groups is 1. The summed E-state index contributed by atoms with van der Waals surface area (Å²) in [5.74, 6) is 0.944. The standard InChI is InChI=1S/C33H33N2O2P/c1-37-27-19-20-32-31(24-27)26(25-35-32)21-22-34-33(36)18-11-23-38(28-12-5-2-6-13-28,29-14-7-3-8-15-29)30-16-9-4-10-17-30/h2-10,12-17,19-20,24-25,35H,11,18,21-23H2,1H3/p+1. The highest BCUT2D eigenvalue weighted by Gasteiger charge is 2.44. The zero-order valence-corrected chi connectivity index (χ0v) is 22.7. The normalized spacial score (nSPS) is 11.4. The number of methoxy groups -OCH3 is 1. The third-order valence-corrected chi connectivity index (χ3v) is 11.7. The number of ether oxygens (including phenoxy) is 1. The van der Waals surface area contributed by atoms with Gasteiger partial charge < -0.3 is 15.0 Å². The molecule has 38 heavy (non-hydrogen) atoms. The van der Waals surface area contributed by atoms with Crippen LogP contribution in [-0.4, -0.2) is 30.7 Å². The van der Waals surface area contributed by atoms with Crippen LogP contribution in [0, 0.1) is 0 Å². The molecule has 0 aliphatic carbocycles. The van der Waals surface area contributed by atoms with Crippen molar-refractivity contribution in [2.75, 3.05) is 19.8 Å². The number of hydrogen-bond acceptors (Lipinski definition) is 2. The largest absolute Gasteiger partial charge is 0.497 e. The van der Waals surface area contributed by atoms with Crippen LogP contribution in [0.5, 0.6) is 5.75 Å². The number of H-pyrrole nitrogens is 1. The molecule has 0 radical (unpaired) electrons. The van der Waals surface area contributed by atoms with Crippen molar-refractivity contribution < 1.29 is 9.53 Å². The van der Waals surface area contributed by atoms with Gasteiger partial charge in [-0.2, -0.15) is 0 Å². The van der Waals surface area contributed by atoms with Crippen LogP contribution in [-0.2, 0) is 11.2 Å². The number of carbonyl (C=O) groups excluding carboxylic acids is 1. The number of amides is 1. The Morgan fingerprint density at radius 1 is 0.816 bits per heavy atom. The summed E-state index contributed by atoms with van der Waals surface area (Å²) in [7, 11) is -0.228. The quantitative estimate of drug-likeness (QED) is 0.222. The number of benzene rings is 4. The summed E-state index contributed by atoms with van der Waals surface area (Å²) in [4.78, 5) is 16.2. The van der Waals surface area contributed by atoms with E-state index >= 15 is 0 Å². The van der Waals surface area contributed by atoms with Gasteiger partial charge in [-0.3, -0.25) is 4.79 Å². The molecule has 0 unspecified atom stereocenters. The molecule has 0 bridgehead atoms. The minimum absolute atomic E-state index is 0.106. The van der Waals surface area contributed by atoms with E-state index in [4.69, 9.17) is 4.74 Å². The number of aromatic amines is 1. The molecule has 5 rings (SSSR count). The number of rotatable bonds is 11. The van der Waals surface area contributed by atoms with Gasteiger partial charge in [-0.05, 0) is 73.0 Å². The van der Waals surface area contributed by atoms with Gasteiger partial charge >= 0.3 is 0 Å². The lowest BCUT2D eigenvalue weighted by molar-refractivity contribution is -0.121. The summed E-state index contributed by atoms with van der Waals surface area (Å²) < 4.78 is 5.38. The van der Waals surface area contributed by atoms with Crippen LogP contribution < -0.4 is 26.0 Å². The molecule has 5 heteroatoms. The molecule has 0 fully saturated rings.